The number of piperazine rings is 1. The van der Waals surface area contributed by atoms with E-state index in [0.717, 1.165) is 12.4 Å². The van der Waals surface area contributed by atoms with E-state index in [9.17, 15) is 4.79 Å². The van der Waals surface area contributed by atoms with E-state index in [2.05, 4.69) is 16.9 Å². The van der Waals surface area contributed by atoms with Crippen molar-refractivity contribution in [1.82, 2.24) is 19.4 Å². The van der Waals surface area contributed by atoms with E-state index in [1.165, 1.54) is 6.26 Å². The van der Waals surface area contributed by atoms with Gasteiger partial charge in [0.1, 0.15) is 5.82 Å². The van der Waals surface area contributed by atoms with Gasteiger partial charge in [0, 0.05) is 39.1 Å². The molecule has 0 spiro atoms. The predicted molar refractivity (Wildman–Crippen MR) is 73.2 cm³/mol. The van der Waals surface area contributed by atoms with Gasteiger partial charge >= 0.3 is 0 Å². The summed E-state index contributed by atoms with van der Waals surface area (Å²) >= 11 is 0. The smallest absolute Gasteiger partial charge is 0.289 e. The van der Waals surface area contributed by atoms with E-state index in [0.29, 0.717) is 18.8 Å². The van der Waals surface area contributed by atoms with Gasteiger partial charge in [-0.25, -0.2) is 4.98 Å². The summed E-state index contributed by atoms with van der Waals surface area (Å²) in [6, 6.07) is 3.55. The van der Waals surface area contributed by atoms with Crippen molar-refractivity contribution in [3.05, 3.63) is 42.4 Å². The number of aryl methyl sites for hydroxylation is 1. The lowest BCUT2D eigenvalue weighted by Gasteiger charge is -2.38. The zero-order chi connectivity index (χ0) is 14.1. The molecule has 1 aliphatic rings. The lowest BCUT2D eigenvalue weighted by molar-refractivity contribution is 0.0500. The van der Waals surface area contributed by atoms with Gasteiger partial charge in [-0.2, -0.15) is 0 Å². The average Bonchev–Trinajstić information content (AvgIpc) is 3.10. The minimum absolute atomic E-state index is 0.0534. The molecule has 6 nitrogen and oxygen atoms in total. The molecule has 3 rings (SSSR count). The number of rotatable bonds is 2. The summed E-state index contributed by atoms with van der Waals surface area (Å²) in [5.41, 5.74) is 0. The zero-order valence-electron chi connectivity index (χ0n) is 11.7. The standard InChI is InChI=1S/C14H18N4O2/c1-16-7-8-18(14(19)12-4-3-9-20-12)10-11(16)13-15-5-6-17(13)2/h3-6,9,11H,7-8,10H2,1-2H3/t11-/m0/s1. The van der Waals surface area contributed by atoms with Gasteiger partial charge in [0.2, 0.25) is 0 Å². The summed E-state index contributed by atoms with van der Waals surface area (Å²) in [5, 5.41) is 0. The van der Waals surface area contributed by atoms with Gasteiger partial charge in [-0.3, -0.25) is 9.69 Å². The highest BCUT2D eigenvalue weighted by Gasteiger charge is 2.31. The Bertz CT molecular complexity index is 590. The maximum absolute atomic E-state index is 12.4. The first-order valence-electron chi connectivity index (χ1n) is 6.67. The van der Waals surface area contributed by atoms with E-state index in [1.807, 2.05) is 22.7 Å². The van der Waals surface area contributed by atoms with Crippen LogP contribution in [0.5, 0.6) is 0 Å². The maximum Gasteiger partial charge on any atom is 0.289 e. The lowest BCUT2D eigenvalue weighted by atomic mass is 10.1. The molecule has 0 radical (unpaired) electrons. The topological polar surface area (TPSA) is 54.5 Å². The Morgan fingerprint density at radius 1 is 1.40 bits per heavy atom. The Balaban J connectivity index is 1.80. The predicted octanol–water partition coefficient (Wildman–Crippen LogP) is 1.14. The molecular weight excluding hydrogens is 256 g/mol. The zero-order valence-corrected chi connectivity index (χ0v) is 11.7. The lowest BCUT2D eigenvalue weighted by Crippen LogP contribution is -2.49. The number of furan rings is 1. The molecule has 1 amide bonds. The number of nitrogens with zero attached hydrogens (tertiary/aromatic N) is 4. The summed E-state index contributed by atoms with van der Waals surface area (Å²) in [6.45, 7) is 2.15. The van der Waals surface area contributed by atoms with Crippen LogP contribution in [0.15, 0.2) is 35.2 Å². The Kier molecular flexibility index (Phi) is 3.31. The Morgan fingerprint density at radius 3 is 2.90 bits per heavy atom. The minimum atomic E-state index is -0.0534. The third kappa shape index (κ3) is 2.22. The normalized spacial score (nSPS) is 20.3. The van der Waals surface area contributed by atoms with Crippen molar-refractivity contribution < 1.29 is 9.21 Å². The highest BCUT2D eigenvalue weighted by atomic mass is 16.3. The van der Waals surface area contributed by atoms with Crippen molar-refractivity contribution in [3.63, 3.8) is 0 Å². The second kappa shape index (κ2) is 5.13. The molecule has 3 heterocycles. The van der Waals surface area contributed by atoms with E-state index < -0.39 is 0 Å². The molecular formula is C14H18N4O2. The molecule has 2 aromatic rings. The Morgan fingerprint density at radius 2 is 2.25 bits per heavy atom. The van der Waals surface area contributed by atoms with Gasteiger partial charge in [0.25, 0.3) is 5.91 Å². The molecule has 0 N–H and O–H groups in total. The van der Waals surface area contributed by atoms with Crippen molar-refractivity contribution in [2.75, 3.05) is 26.7 Å². The summed E-state index contributed by atoms with van der Waals surface area (Å²) in [7, 11) is 4.04. The van der Waals surface area contributed by atoms with E-state index in [-0.39, 0.29) is 11.9 Å². The van der Waals surface area contributed by atoms with Gasteiger partial charge < -0.3 is 13.9 Å². The largest absolute Gasteiger partial charge is 0.459 e. The van der Waals surface area contributed by atoms with Crippen LogP contribution in [0.25, 0.3) is 0 Å². The molecule has 2 aromatic heterocycles. The first kappa shape index (κ1) is 12.9. The van der Waals surface area contributed by atoms with Crippen molar-refractivity contribution in [2.24, 2.45) is 7.05 Å². The van der Waals surface area contributed by atoms with Crippen LogP contribution in [0.3, 0.4) is 0 Å². The van der Waals surface area contributed by atoms with Gasteiger partial charge in [-0.15, -0.1) is 0 Å². The third-order valence-electron chi connectivity index (χ3n) is 3.82. The van der Waals surface area contributed by atoms with Crippen molar-refractivity contribution in [2.45, 2.75) is 6.04 Å². The highest BCUT2D eigenvalue weighted by molar-refractivity contribution is 5.91. The van der Waals surface area contributed by atoms with Gasteiger partial charge in [0.05, 0.1) is 12.3 Å². The molecule has 0 bridgehead atoms. The molecule has 0 saturated carbocycles. The molecule has 0 unspecified atom stereocenters. The summed E-state index contributed by atoms with van der Waals surface area (Å²) in [4.78, 5) is 20.8. The Labute approximate surface area is 117 Å². The van der Waals surface area contributed by atoms with Crippen molar-refractivity contribution in [1.29, 1.82) is 0 Å². The molecule has 0 aromatic carbocycles. The molecule has 6 heteroatoms. The molecule has 1 atom stereocenters. The van der Waals surface area contributed by atoms with Crippen molar-refractivity contribution in [3.8, 4) is 0 Å². The highest BCUT2D eigenvalue weighted by Crippen LogP contribution is 2.23. The average molecular weight is 274 g/mol. The molecule has 1 fully saturated rings. The molecule has 1 aliphatic heterocycles. The number of likely N-dealkylation sites (N-methyl/N-ethyl adjacent to an activating group) is 1. The second-order valence-electron chi connectivity index (χ2n) is 5.12. The first-order chi connectivity index (χ1) is 9.66. The quantitative estimate of drug-likeness (QED) is 0.824. The van der Waals surface area contributed by atoms with Crippen LogP contribution in [0, 0.1) is 0 Å². The van der Waals surface area contributed by atoms with Crippen LogP contribution in [-0.4, -0.2) is 51.9 Å². The molecule has 20 heavy (non-hydrogen) atoms. The summed E-state index contributed by atoms with van der Waals surface area (Å²) in [5.74, 6) is 1.32. The summed E-state index contributed by atoms with van der Waals surface area (Å²) in [6.07, 6.45) is 5.24. The Hall–Kier alpha value is -2.08. The van der Waals surface area contributed by atoms with Gasteiger partial charge in [-0.05, 0) is 19.2 Å². The van der Waals surface area contributed by atoms with Crippen LogP contribution in [0.1, 0.15) is 22.4 Å². The SMILES string of the molecule is CN1CCN(C(=O)c2ccco2)C[C@H]1c1nccn1C. The number of hydrogen-bond acceptors (Lipinski definition) is 4. The van der Waals surface area contributed by atoms with Crippen molar-refractivity contribution >= 4 is 5.91 Å². The van der Waals surface area contributed by atoms with E-state index >= 15 is 0 Å². The third-order valence-corrected chi connectivity index (χ3v) is 3.82. The number of aromatic nitrogens is 2. The van der Waals surface area contributed by atoms with Crippen LogP contribution in [-0.2, 0) is 7.05 Å². The van der Waals surface area contributed by atoms with Crippen LogP contribution < -0.4 is 0 Å². The van der Waals surface area contributed by atoms with Crippen LogP contribution in [0.2, 0.25) is 0 Å². The summed E-state index contributed by atoms with van der Waals surface area (Å²) < 4.78 is 7.20. The van der Waals surface area contributed by atoms with Crippen LogP contribution in [0.4, 0.5) is 0 Å². The fourth-order valence-corrected chi connectivity index (χ4v) is 2.59. The molecule has 106 valence electrons. The number of amides is 1. The second-order valence-corrected chi connectivity index (χ2v) is 5.12. The van der Waals surface area contributed by atoms with Crippen LogP contribution >= 0.6 is 0 Å². The number of carbonyl (C=O) groups excluding carboxylic acids is 1. The first-order valence-corrected chi connectivity index (χ1v) is 6.67. The van der Waals surface area contributed by atoms with E-state index in [1.54, 1.807) is 18.3 Å². The number of imidazole rings is 1. The fourth-order valence-electron chi connectivity index (χ4n) is 2.59. The number of hydrogen-bond donors (Lipinski definition) is 0. The van der Waals surface area contributed by atoms with Gasteiger partial charge in [-0.1, -0.05) is 0 Å². The molecule has 0 aliphatic carbocycles. The molecule has 1 saturated heterocycles. The fraction of sp³-hybridized carbons (Fsp3) is 0.429. The maximum atomic E-state index is 12.4. The monoisotopic (exact) mass is 274 g/mol. The van der Waals surface area contributed by atoms with Gasteiger partial charge in [0.15, 0.2) is 5.76 Å². The van der Waals surface area contributed by atoms with E-state index in [4.69, 9.17) is 4.42 Å². The number of carbonyl (C=O) groups is 1. The minimum Gasteiger partial charge on any atom is -0.459 e.